The second-order valence-electron chi connectivity index (χ2n) is 2.62. The van der Waals surface area contributed by atoms with E-state index in [9.17, 15) is 9.18 Å². The van der Waals surface area contributed by atoms with Crippen molar-refractivity contribution in [2.45, 2.75) is 24.9 Å². The van der Waals surface area contributed by atoms with E-state index in [1.807, 2.05) is 0 Å². The molecule has 0 radical (unpaired) electrons. The Kier molecular flexibility index (Phi) is 1.44. The molecule has 0 aromatic heterocycles. The average molecular weight is 167 g/mol. The van der Waals surface area contributed by atoms with Gasteiger partial charge < -0.3 is 5.11 Å². The van der Waals surface area contributed by atoms with Gasteiger partial charge >= 0.3 is 5.97 Å². The fraction of sp³-hybridized carbons (Fsp3) is 0.833. The van der Waals surface area contributed by atoms with E-state index in [2.05, 4.69) is 0 Å². The van der Waals surface area contributed by atoms with Crippen molar-refractivity contribution in [3.63, 3.8) is 0 Å². The Morgan fingerprint density at radius 2 is 2.30 bits per heavy atom. The van der Waals surface area contributed by atoms with Gasteiger partial charge in [-0.25, -0.2) is 4.39 Å². The zero-order chi connectivity index (χ0) is 7.99. The molecule has 0 amide bonds. The highest BCUT2D eigenvalue weighted by Gasteiger charge is 2.72. The molecule has 10 heavy (non-hydrogen) atoms. The third-order valence-corrected chi connectivity index (χ3v) is 2.61. The summed E-state index contributed by atoms with van der Waals surface area (Å²) in [5.41, 5.74) is -1.30. The lowest BCUT2D eigenvalue weighted by molar-refractivity contribution is -0.144. The lowest BCUT2D eigenvalue weighted by Crippen LogP contribution is -2.20. The number of alkyl halides is 2. The first-order chi connectivity index (χ1) is 4.46. The average Bonchev–Trinajstić information content (AvgIpc) is 2.35. The van der Waals surface area contributed by atoms with E-state index in [1.165, 1.54) is 0 Å². The Bertz CT molecular complexity index is 181. The second-order valence-corrected chi connectivity index (χ2v) is 3.22. The van der Waals surface area contributed by atoms with E-state index >= 15 is 0 Å². The van der Waals surface area contributed by atoms with Gasteiger partial charge in [-0.15, -0.1) is 0 Å². The molecule has 0 aliphatic heterocycles. The highest BCUT2D eigenvalue weighted by atomic mass is 35.5. The molecule has 1 N–H and O–H groups in total. The van der Waals surface area contributed by atoms with Crippen molar-refractivity contribution >= 4 is 17.6 Å². The van der Waals surface area contributed by atoms with Crippen LogP contribution in [0.15, 0.2) is 0 Å². The molecular formula is C6H8ClFO2. The van der Waals surface area contributed by atoms with Crippen molar-refractivity contribution in [2.24, 2.45) is 5.41 Å². The molecule has 0 heterocycles. The first kappa shape index (κ1) is 7.79. The number of halogens is 2. The van der Waals surface area contributed by atoms with E-state index in [4.69, 9.17) is 16.7 Å². The third-order valence-electron chi connectivity index (χ3n) is 2.11. The zero-order valence-corrected chi connectivity index (χ0v) is 6.28. The number of carbonyl (C=O) groups is 1. The minimum atomic E-state index is -1.99. The van der Waals surface area contributed by atoms with Gasteiger partial charge in [0, 0.05) is 6.42 Å². The van der Waals surface area contributed by atoms with Crippen molar-refractivity contribution < 1.29 is 14.3 Å². The molecular weight excluding hydrogens is 159 g/mol. The second kappa shape index (κ2) is 1.84. The largest absolute Gasteiger partial charge is 0.481 e. The Labute approximate surface area is 63.0 Å². The SMILES string of the molecule is CCC1(C(=O)O)CC1(F)Cl. The third kappa shape index (κ3) is 0.732. The molecule has 0 bridgehead atoms. The number of hydrogen-bond donors (Lipinski definition) is 1. The van der Waals surface area contributed by atoms with Gasteiger partial charge in [0.2, 0.25) is 5.13 Å². The summed E-state index contributed by atoms with van der Waals surface area (Å²) in [4.78, 5) is 10.4. The molecule has 1 aliphatic rings. The summed E-state index contributed by atoms with van der Waals surface area (Å²) in [5, 5.41) is 6.52. The van der Waals surface area contributed by atoms with Gasteiger partial charge in [0.15, 0.2) is 0 Å². The normalized spacial score (nSPS) is 45.1. The molecule has 1 rings (SSSR count). The summed E-state index contributed by atoms with van der Waals surface area (Å²) < 4.78 is 12.8. The van der Waals surface area contributed by atoms with Crippen LogP contribution in [0.3, 0.4) is 0 Å². The predicted molar refractivity (Wildman–Crippen MR) is 34.7 cm³/mol. The minimum Gasteiger partial charge on any atom is -0.481 e. The summed E-state index contributed by atoms with van der Waals surface area (Å²) in [5.74, 6) is -1.13. The van der Waals surface area contributed by atoms with Gasteiger partial charge in [-0.3, -0.25) is 4.79 Å². The molecule has 4 heteroatoms. The highest BCUT2D eigenvalue weighted by Crippen LogP contribution is 2.64. The number of hydrogen-bond acceptors (Lipinski definition) is 1. The van der Waals surface area contributed by atoms with Crippen LogP contribution in [-0.2, 0) is 4.79 Å². The Morgan fingerprint density at radius 1 is 1.90 bits per heavy atom. The summed E-state index contributed by atoms with van der Waals surface area (Å²) in [6.45, 7) is 1.62. The summed E-state index contributed by atoms with van der Waals surface area (Å²) >= 11 is 5.21. The number of carboxylic acid groups (broad SMARTS) is 1. The smallest absolute Gasteiger partial charge is 0.314 e. The molecule has 2 nitrogen and oxygen atoms in total. The number of carboxylic acids is 1. The lowest BCUT2D eigenvalue weighted by Gasteiger charge is -2.06. The highest BCUT2D eigenvalue weighted by molar-refractivity contribution is 6.27. The maximum atomic E-state index is 12.8. The van der Waals surface area contributed by atoms with Crippen LogP contribution in [0, 0.1) is 5.41 Å². The molecule has 1 fully saturated rings. The molecule has 58 valence electrons. The van der Waals surface area contributed by atoms with Gasteiger partial charge in [-0.1, -0.05) is 18.5 Å². The molecule has 0 aromatic rings. The first-order valence-electron chi connectivity index (χ1n) is 3.07. The molecule has 1 aliphatic carbocycles. The van der Waals surface area contributed by atoms with Crippen molar-refractivity contribution in [1.29, 1.82) is 0 Å². The van der Waals surface area contributed by atoms with Crippen LogP contribution >= 0.6 is 11.6 Å². The van der Waals surface area contributed by atoms with Gasteiger partial charge in [-0.2, -0.15) is 0 Å². The van der Waals surface area contributed by atoms with Gasteiger partial charge in [0.05, 0.1) is 0 Å². The summed E-state index contributed by atoms with van der Waals surface area (Å²) in [7, 11) is 0. The van der Waals surface area contributed by atoms with Crippen molar-refractivity contribution in [2.75, 3.05) is 0 Å². The van der Waals surface area contributed by atoms with E-state index in [1.54, 1.807) is 6.92 Å². The Balaban J connectivity index is 2.78. The lowest BCUT2D eigenvalue weighted by atomic mass is 10.0. The number of rotatable bonds is 2. The van der Waals surface area contributed by atoms with Crippen LogP contribution in [0.2, 0.25) is 0 Å². The van der Waals surface area contributed by atoms with Crippen molar-refractivity contribution in [3.8, 4) is 0 Å². The Morgan fingerprint density at radius 3 is 2.30 bits per heavy atom. The molecule has 0 aromatic carbocycles. The standard InChI is InChI=1S/C6H8ClFO2/c1-2-5(4(9)10)3-6(5,7)8/h2-3H2,1H3,(H,9,10). The van der Waals surface area contributed by atoms with E-state index in [0.717, 1.165) is 0 Å². The monoisotopic (exact) mass is 166 g/mol. The topological polar surface area (TPSA) is 37.3 Å². The maximum absolute atomic E-state index is 12.8. The predicted octanol–water partition coefficient (Wildman–Crippen LogP) is 1.78. The molecule has 2 unspecified atom stereocenters. The van der Waals surface area contributed by atoms with Crippen LogP contribution in [0.5, 0.6) is 0 Å². The van der Waals surface area contributed by atoms with Crippen LogP contribution in [-0.4, -0.2) is 16.2 Å². The van der Waals surface area contributed by atoms with Crippen LogP contribution in [0.25, 0.3) is 0 Å². The fourth-order valence-electron chi connectivity index (χ4n) is 1.10. The quantitative estimate of drug-likeness (QED) is 0.635. The molecule has 2 atom stereocenters. The van der Waals surface area contributed by atoms with E-state index < -0.39 is 16.5 Å². The molecule has 0 spiro atoms. The molecule has 1 saturated carbocycles. The first-order valence-corrected chi connectivity index (χ1v) is 3.45. The van der Waals surface area contributed by atoms with Crippen molar-refractivity contribution in [1.82, 2.24) is 0 Å². The minimum absolute atomic E-state index is 0.0621. The molecule has 0 saturated heterocycles. The number of aliphatic carboxylic acids is 1. The summed E-state index contributed by atoms with van der Waals surface area (Å²) in [6.07, 6.45) is 0.190. The van der Waals surface area contributed by atoms with E-state index in [-0.39, 0.29) is 12.8 Å². The summed E-state index contributed by atoms with van der Waals surface area (Å²) in [6, 6.07) is 0. The van der Waals surface area contributed by atoms with Gasteiger partial charge in [-0.05, 0) is 6.42 Å². The Hall–Kier alpha value is -0.310. The van der Waals surface area contributed by atoms with Crippen LogP contribution < -0.4 is 0 Å². The van der Waals surface area contributed by atoms with Crippen LogP contribution in [0.4, 0.5) is 4.39 Å². The fourth-order valence-corrected chi connectivity index (χ4v) is 1.54. The zero-order valence-electron chi connectivity index (χ0n) is 5.53. The van der Waals surface area contributed by atoms with Crippen molar-refractivity contribution in [3.05, 3.63) is 0 Å². The van der Waals surface area contributed by atoms with Gasteiger partial charge in [0.1, 0.15) is 5.41 Å². The maximum Gasteiger partial charge on any atom is 0.314 e. The van der Waals surface area contributed by atoms with Gasteiger partial charge in [0.25, 0.3) is 0 Å². The van der Waals surface area contributed by atoms with Crippen LogP contribution in [0.1, 0.15) is 19.8 Å². The van der Waals surface area contributed by atoms with E-state index in [0.29, 0.717) is 0 Å².